The van der Waals surface area contributed by atoms with Gasteiger partial charge in [0, 0.05) is 43.3 Å². The number of aliphatic hydroxyl groups excluding tert-OH is 1. The molecule has 1 unspecified atom stereocenters. The van der Waals surface area contributed by atoms with E-state index in [1.54, 1.807) is 4.90 Å². The molecule has 0 aromatic heterocycles. The number of rotatable bonds is 6. The van der Waals surface area contributed by atoms with E-state index in [9.17, 15) is 19.8 Å². The highest BCUT2D eigenvalue weighted by molar-refractivity contribution is 5.95. The Bertz CT molecular complexity index is 1020. The number of anilines is 1. The standard InChI is InChI=1S/C26H31N3O4/c30-23(19-3-1-4-19)27-22-6-2-5-21(17-22)18-7-9-20(10-8-18)24(31)28-13-15-29(16-14-28)25(32)26(33)11-12-26/h2,5-10,17,19,25,32-33H,1,3-4,11-16H2,(H,27,30). The molecule has 0 spiro atoms. The second-order valence-electron chi connectivity index (χ2n) is 9.58. The summed E-state index contributed by atoms with van der Waals surface area (Å²) in [4.78, 5) is 28.8. The summed E-state index contributed by atoms with van der Waals surface area (Å²) >= 11 is 0. The first-order valence-electron chi connectivity index (χ1n) is 11.9. The topological polar surface area (TPSA) is 93.1 Å². The molecule has 1 aliphatic heterocycles. The maximum Gasteiger partial charge on any atom is 0.253 e. The molecule has 3 N–H and O–H groups in total. The van der Waals surface area contributed by atoms with Crippen LogP contribution in [0.3, 0.4) is 0 Å². The van der Waals surface area contributed by atoms with Crippen molar-refractivity contribution in [3.63, 3.8) is 0 Å². The summed E-state index contributed by atoms with van der Waals surface area (Å²) in [6.45, 7) is 2.15. The average Bonchev–Trinajstić information content (AvgIpc) is 3.56. The van der Waals surface area contributed by atoms with Gasteiger partial charge < -0.3 is 20.4 Å². The predicted molar refractivity (Wildman–Crippen MR) is 126 cm³/mol. The molecule has 5 rings (SSSR count). The van der Waals surface area contributed by atoms with Crippen LogP contribution in [0.2, 0.25) is 0 Å². The molecule has 1 atom stereocenters. The molecule has 3 fully saturated rings. The first kappa shape index (κ1) is 22.1. The van der Waals surface area contributed by atoms with E-state index in [4.69, 9.17) is 0 Å². The Morgan fingerprint density at radius 1 is 0.970 bits per heavy atom. The molecule has 2 aromatic rings. The lowest BCUT2D eigenvalue weighted by Gasteiger charge is -2.38. The average molecular weight is 450 g/mol. The number of nitrogens with zero attached hydrogens (tertiary/aromatic N) is 2. The second kappa shape index (κ2) is 8.89. The molecule has 3 aliphatic rings. The third-order valence-corrected chi connectivity index (χ3v) is 7.26. The van der Waals surface area contributed by atoms with Crippen molar-refractivity contribution >= 4 is 17.5 Å². The Morgan fingerprint density at radius 3 is 2.27 bits per heavy atom. The van der Waals surface area contributed by atoms with Crippen molar-refractivity contribution < 1.29 is 19.8 Å². The van der Waals surface area contributed by atoms with Crippen LogP contribution >= 0.6 is 0 Å². The van der Waals surface area contributed by atoms with Crippen molar-refractivity contribution in [3.8, 4) is 11.1 Å². The first-order valence-corrected chi connectivity index (χ1v) is 11.9. The van der Waals surface area contributed by atoms with Crippen LogP contribution in [0.4, 0.5) is 5.69 Å². The van der Waals surface area contributed by atoms with Gasteiger partial charge in [-0.2, -0.15) is 0 Å². The zero-order valence-corrected chi connectivity index (χ0v) is 18.7. The summed E-state index contributed by atoms with van der Waals surface area (Å²) < 4.78 is 0. The molecule has 33 heavy (non-hydrogen) atoms. The summed E-state index contributed by atoms with van der Waals surface area (Å²) in [6.07, 6.45) is 3.50. The SMILES string of the molecule is O=C(Nc1cccc(-c2ccc(C(=O)N3CCN(C(O)C4(O)CC4)CC3)cc2)c1)C1CCC1. The van der Waals surface area contributed by atoms with Gasteiger partial charge in [0.25, 0.3) is 5.91 Å². The maximum atomic E-state index is 13.0. The van der Waals surface area contributed by atoms with Crippen LogP contribution in [-0.4, -0.2) is 69.8 Å². The maximum absolute atomic E-state index is 13.0. The number of nitrogens with one attached hydrogen (secondary N) is 1. The molecule has 7 nitrogen and oxygen atoms in total. The van der Waals surface area contributed by atoms with Crippen molar-refractivity contribution in [2.75, 3.05) is 31.5 Å². The van der Waals surface area contributed by atoms with Gasteiger partial charge >= 0.3 is 0 Å². The molecule has 2 amide bonds. The third-order valence-electron chi connectivity index (χ3n) is 7.26. The number of carbonyl (C=O) groups is 2. The molecule has 2 aliphatic carbocycles. The second-order valence-corrected chi connectivity index (χ2v) is 9.58. The van der Waals surface area contributed by atoms with E-state index in [0.29, 0.717) is 44.6 Å². The van der Waals surface area contributed by atoms with Gasteiger partial charge in [0.2, 0.25) is 5.91 Å². The number of hydrogen-bond donors (Lipinski definition) is 3. The summed E-state index contributed by atoms with van der Waals surface area (Å²) in [5.74, 6) is 0.211. The highest BCUT2D eigenvalue weighted by Crippen LogP contribution is 2.39. The molecule has 2 saturated carbocycles. The number of hydrogen-bond acceptors (Lipinski definition) is 5. The van der Waals surface area contributed by atoms with E-state index in [0.717, 1.165) is 36.1 Å². The van der Waals surface area contributed by atoms with Crippen molar-refractivity contribution in [2.24, 2.45) is 5.92 Å². The van der Waals surface area contributed by atoms with E-state index >= 15 is 0 Å². The van der Waals surface area contributed by atoms with Crippen LogP contribution in [-0.2, 0) is 4.79 Å². The lowest BCUT2D eigenvalue weighted by atomic mass is 9.85. The summed E-state index contributed by atoms with van der Waals surface area (Å²) in [6, 6.07) is 15.3. The highest BCUT2D eigenvalue weighted by atomic mass is 16.4. The zero-order valence-electron chi connectivity index (χ0n) is 18.7. The van der Waals surface area contributed by atoms with E-state index < -0.39 is 11.8 Å². The fraction of sp³-hybridized carbons (Fsp3) is 0.462. The first-order chi connectivity index (χ1) is 15.9. The largest absolute Gasteiger partial charge is 0.386 e. The van der Waals surface area contributed by atoms with Crippen molar-refractivity contribution in [1.29, 1.82) is 0 Å². The summed E-state index contributed by atoms with van der Waals surface area (Å²) in [5, 5.41) is 23.5. The van der Waals surface area contributed by atoms with Gasteiger partial charge in [0.1, 0.15) is 11.8 Å². The minimum Gasteiger partial charge on any atom is -0.386 e. The summed E-state index contributed by atoms with van der Waals surface area (Å²) in [5.41, 5.74) is 2.43. The summed E-state index contributed by atoms with van der Waals surface area (Å²) in [7, 11) is 0. The quantitative estimate of drug-likeness (QED) is 0.631. The lowest BCUT2D eigenvalue weighted by molar-refractivity contribution is -0.122. The normalized spacial score (nSPS) is 21.2. The van der Waals surface area contributed by atoms with Crippen molar-refractivity contribution in [2.45, 2.75) is 43.9 Å². The number of benzene rings is 2. The van der Waals surface area contributed by atoms with Crippen LogP contribution in [0.1, 0.15) is 42.5 Å². The minimum atomic E-state index is -0.959. The van der Waals surface area contributed by atoms with Gasteiger partial charge in [-0.1, -0.05) is 30.7 Å². The Hall–Kier alpha value is -2.74. The molecule has 1 heterocycles. The molecular weight excluding hydrogens is 418 g/mol. The number of amides is 2. The molecule has 0 bridgehead atoms. The molecule has 7 heteroatoms. The van der Waals surface area contributed by atoms with E-state index in [1.165, 1.54) is 0 Å². The van der Waals surface area contributed by atoms with Crippen molar-refractivity contribution in [1.82, 2.24) is 9.80 Å². The van der Waals surface area contributed by atoms with Crippen LogP contribution in [0.25, 0.3) is 11.1 Å². The van der Waals surface area contributed by atoms with E-state index in [1.807, 2.05) is 53.4 Å². The molecule has 1 saturated heterocycles. The van der Waals surface area contributed by atoms with Crippen LogP contribution in [0.5, 0.6) is 0 Å². The van der Waals surface area contributed by atoms with Crippen molar-refractivity contribution in [3.05, 3.63) is 54.1 Å². The predicted octanol–water partition coefficient (Wildman–Crippen LogP) is 2.69. The van der Waals surface area contributed by atoms with Gasteiger partial charge in [-0.25, -0.2) is 0 Å². The van der Waals surface area contributed by atoms with Gasteiger partial charge in [-0.05, 0) is 61.1 Å². The molecular formula is C26H31N3O4. The van der Waals surface area contributed by atoms with E-state index in [-0.39, 0.29) is 17.7 Å². The Balaban J connectivity index is 1.19. The Morgan fingerprint density at radius 2 is 1.67 bits per heavy atom. The molecule has 174 valence electrons. The lowest BCUT2D eigenvalue weighted by Crippen LogP contribution is -2.55. The van der Waals surface area contributed by atoms with E-state index in [2.05, 4.69) is 5.32 Å². The fourth-order valence-electron chi connectivity index (χ4n) is 4.57. The number of carbonyl (C=O) groups excluding carboxylic acids is 2. The van der Waals surface area contributed by atoms with Gasteiger partial charge in [0.15, 0.2) is 0 Å². The highest BCUT2D eigenvalue weighted by Gasteiger charge is 2.50. The minimum absolute atomic E-state index is 0.0256. The van der Waals surface area contributed by atoms with Crippen LogP contribution in [0.15, 0.2) is 48.5 Å². The molecule has 2 aromatic carbocycles. The molecule has 0 radical (unpaired) electrons. The monoisotopic (exact) mass is 449 g/mol. The number of aliphatic hydroxyl groups is 2. The Kier molecular flexibility index (Phi) is 5.95. The zero-order chi connectivity index (χ0) is 23.0. The smallest absolute Gasteiger partial charge is 0.253 e. The Labute approximate surface area is 194 Å². The van der Waals surface area contributed by atoms with Crippen LogP contribution in [0, 0.1) is 5.92 Å². The van der Waals surface area contributed by atoms with Gasteiger partial charge in [-0.15, -0.1) is 0 Å². The fourth-order valence-corrected chi connectivity index (χ4v) is 4.57. The third kappa shape index (κ3) is 4.67. The number of piperazine rings is 1. The van der Waals surface area contributed by atoms with Gasteiger partial charge in [0.05, 0.1) is 0 Å². The van der Waals surface area contributed by atoms with Gasteiger partial charge in [-0.3, -0.25) is 14.5 Å². The van der Waals surface area contributed by atoms with Crippen LogP contribution < -0.4 is 5.32 Å².